The van der Waals surface area contributed by atoms with Gasteiger partial charge < -0.3 is 10.2 Å². The van der Waals surface area contributed by atoms with Crippen LogP contribution >= 0.6 is 0 Å². The van der Waals surface area contributed by atoms with Crippen molar-refractivity contribution in [3.8, 4) is 6.07 Å². The molecule has 0 aliphatic rings. The summed E-state index contributed by atoms with van der Waals surface area (Å²) in [6.07, 6.45) is 0.434. The number of rotatable bonds is 5. The van der Waals surface area contributed by atoms with E-state index in [1.807, 2.05) is 19.9 Å². The van der Waals surface area contributed by atoms with E-state index in [1.165, 1.54) is 0 Å². The molecule has 0 bridgehead atoms. The van der Waals surface area contributed by atoms with Crippen LogP contribution in [0.15, 0.2) is 0 Å². The zero-order valence-electron chi connectivity index (χ0n) is 8.50. The van der Waals surface area contributed by atoms with E-state index < -0.39 is 0 Å². The first kappa shape index (κ1) is 11.9. The number of amides is 1. The van der Waals surface area contributed by atoms with Crippen molar-refractivity contribution < 1.29 is 4.79 Å². The van der Waals surface area contributed by atoms with Gasteiger partial charge in [0.1, 0.15) is 0 Å². The van der Waals surface area contributed by atoms with Crippen LogP contribution in [0.5, 0.6) is 0 Å². The van der Waals surface area contributed by atoms with Gasteiger partial charge in [-0.15, -0.1) is 0 Å². The molecule has 4 heteroatoms. The molecule has 1 N–H and O–H groups in total. The number of hydrogen-bond acceptors (Lipinski definition) is 3. The molecule has 0 aliphatic heterocycles. The van der Waals surface area contributed by atoms with Gasteiger partial charge in [-0.05, 0) is 13.8 Å². The second-order valence-corrected chi connectivity index (χ2v) is 3.05. The zero-order valence-corrected chi connectivity index (χ0v) is 8.50. The maximum absolute atomic E-state index is 11.3. The Morgan fingerprint density at radius 3 is 2.77 bits per heavy atom. The fraction of sp³-hybridized carbons (Fsp3) is 0.778. The predicted octanol–water partition coefficient (Wildman–Crippen LogP) is 0.356. The Bertz CT molecular complexity index is 198. The van der Waals surface area contributed by atoms with Crippen LogP contribution in [-0.4, -0.2) is 37.0 Å². The smallest absolute Gasteiger partial charge is 0.236 e. The van der Waals surface area contributed by atoms with Gasteiger partial charge >= 0.3 is 0 Å². The lowest BCUT2D eigenvalue weighted by Gasteiger charge is -2.16. The number of hydrogen-bond donors (Lipinski definition) is 1. The molecular weight excluding hydrogens is 166 g/mol. The van der Waals surface area contributed by atoms with Crippen molar-refractivity contribution in [1.29, 1.82) is 5.26 Å². The number of carbonyl (C=O) groups excluding carboxylic acids is 1. The summed E-state index contributed by atoms with van der Waals surface area (Å²) in [6, 6.07) is 2.13. The molecule has 0 saturated carbocycles. The molecule has 1 atom stereocenters. The van der Waals surface area contributed by atoms with Gasteiger partial charge in [-0.3, -0.25) is 4.79 Å². The average molecular weight is 183 g/mol. The number of nitrogens with one attached hydrogen (secondary N) is 1. The van der Waals surface area contributed by atoms with E-state index in [1.54, 1.807) is 11.9 Å². The highest BCUT2D eigenvalue weighted by Crippen LogP contribution is 1.88. The van der Waals surface area contributed by atoms with Crippen molar-refractivity contribution in [2.24, 2.45) is 0 Å². The third-order valence-electron chi connectivity index (χ3n) is 1.90. The molecule has 0 fully saturated rings. The van der Waals surface area contributed by atoms with Gasteiger partial charge in [-0.25, -0.2) is 0 Å². The van der Waals surface area contributed by atoms with Crippen LogP contribution in [0.25, 0.3) is 0 Å². The third-order valence-corrected chi connectivity index (χ3v) is 1.90. The normalized spacial score (nSPS) is 11.8. The quantitative estimate of drug-likeness (QED) is 0.669. The van der Waals surface area contributed by atoms with Gasteiger partial charge in [0.2, 0.25) is 5.91 Å². The molecule has 0 aromatic rings. The van der Waals surface area contributed by atoms with E-state index in [2.05, 4.69) is 5.32 Å². The Labute approximate surface area is 79.5 Å². The first-order valence-corrected chi connectivity index (χ1v) is 4.46. The van der Waals surface area contributed by atoms with Crippen molar-refractivity contribution in [3.63, 3.8) is 0 Å². The van der Waals surface area contributed by atoms with E-state index in [-0.39, 0.29) is 11.9 Å². The standard InChI is InChI=1S/C9H17N3O/c1-4-12(3)9(13)7-11-8(2)5-6-10/h8,11H,4-5,7H2,1-3H3. The van der Waals surface area contributed by atoms with Gasteiger partial charge in [0.25, 0.3) is 0 Å². The monoisotopic (exact) mass is 183 g/mol. The number of nitrogens with zero attached hydrogens (tertiary/aromatic N) is 2. The fourth-order valence-corrected chi connectivity index (χ4v) is 0.782. The molecule has 0 aliphatic carbocycles. The second kappa shape index (κ2) is 6.44. The molecular formula is C9H17N3O. The van der Waals surface area contributed by atoms with E-state index in [0.717, 1.165) is 0 Å². The summed E-state index contributed by atoms with van der Waals surface area (Å²) in [5.74, 6) is 0.0623. The molecule has 74 valence electrons. The maximum atomic E-state index is 11.3. The molecule has 0 aromatic carbocycles. The molecule has 0 saturated heterocycles. The van der Waals surface area contributed by atoms with E-state index >= 15 is 0 Å². The SMILES string of the molecule is CCN(C)C(=O)CNC(C)CC#N. The third kappa shape index (κ3) is 5.21. The molecule has 0 spiro atoms. The Morgan fingerprint density at radius 2 is 2.31 bits per heavy atom. The van der Waals surface area contributed by atoms with Gasteiger partial charge in [0, 0.05) is 19.6 Å². The second-order valence-electron chi connectivity index (χ2n) is 3.05. The molecule has 0 heterocycles. The first-order valence-electron chi connectivity index (χ1n) is 4.46. The van der Waals surface area contributed by atoms with Crippen LogP contribution in [0.4, 0.5) is 0 Å². The highest BCUT2D eigenvalue weighted by Gasteiger charge is 2.07. The summed E-state index contributed by atoms with van der Waals surface area (Å²) in [7, 11) is 1.76. The van der Waals surface area contributed by atoms with Crippen LogP contribution in [0.2, 0.25) is 0 Å². The summed E-state index contributed by atoms with van der Waals surface area (Å²) in [5.41, 5.74) is 0. The lowest BCUT2D eigenvalue weighted by molar-refractivity contribution is -0.128. The summed E-state index contributed by atoms with van der Waals surface area (Å²) in [4.78, 5) is 12.9. The summed E-state index contributed by atoms with van der Waals surface area (Å²) in [6.45, 7) is 4.85. The highest BCUT2D eigenvalue weighted by atomic mass is 16.2. The first-order chi connectivity index (χ1) is 6.11. The minimum absolute atomic E-state index is 0.0623. The van der Waals surface area contributed by atoms with E-state index in [9.17, 15) is 4.79 Å². The van der Waals surface area contributed by atoms with Crippen molar-refractivity contribution in [2.75, 3.05) is 20.1 Å². The van der Waals surface area contributed by atoms with Crippen molar-refractivity contribution in [1.82, 2.24) is 10.2 Å². The van der Waals surface area contributed by atoms with Crippen molar-refractivity contribution >= 4 is 5.91 Å². The van der Waals surface area contributed by atoms with Crippen LogP contribution in [0.3, 0.4) is 0 Å². The van der Waals surface area contributed by atoms with Crippen LogP contribution in [-0.2, 0) is 4.79 Å². The Kier molecular flexibility index (Phi) is 5.90. The van der Waals surface area contributed by atoms with Crippen molar-refractivity contribution in [2.45, 2.75) is 26.3 Å². The van der Waals surface area contributed by atoms with Gasteiger partial charge in [0.05, 0.1) is 19.0 Å². The van der Waals surface area contributed by atoms with Crippen molar-refractivity contribution in [3.05, 3.63) is 0 Å². The molecule has 1 amide bonds. The summed E-state index contributed by atoms with van der Waals surface area (Å²) < 4.78 is 0. The van der Waals surface area contributed by atoms with Crippen LogP contribution in [0.1, 0.15) is 20.3 Å². The maximum Gasteiger partial charge on any atom is 0.236 e. The topological polar surface area (TPSA) is 56.1 Å². The zero-order chi connectivity index (χ0) is 10.3. The predicted molar refractivity (Wildman–Crippen MR) is 51.0 cm³/mol. The molecule has 0 aromatic heterocycles. The van der Waals surface area contributed by atoms with E-state index in [4.69, 9.17) is 5.26 Å². The minimum atomic E-state index is 0.0623. The lowest BCUT2D eigenvalue weighted by Crippen LogP contribution is -2.38. The summed E-state index contributed by atoms with van der Waals surface area (Å²) in [5, 5.41) is 11.4. The largest absolute Gasteiger partial charge is 0.345 e. The summed E-state index contributed by atoms with van der Waals surface area (Å²) >= 11 is 0. The fourth-order valence-electron chi connectivity index (χ4n) is 0.782. The molecule has 13 heavy (non-hydrogen) atoms. The number of likely N-dealkylation sites (N-methyl/N-ethyl adjacent to an activating group) is 1. The molecule has 4 nitrogen and oxygen atoms in total. The van der Waals surface area contributed by atoms with Crippen LogP contribution in [0, 0.1) is 11.3 Å². The average Bonchev–Trinajstić information content (AvgIpc) is 2.13. The van der Waals surface area contributed by atoms with Gasteiger partial charge in [-0.1, -0.05) is 0 Å². The molecule has 0 rings (SSSR count). The highest BCUT2D eigenvalue weighted by molar-refractivity contribution is 5.77. The Hall–Kier alpha value is -1.08. The van der Waals surface area contributed by atoms with Crippen LogP contribution < -0.4 is 5.32 Å². The number of carbonyl (C=O) groups is 1. The lowest BCUT2D eigenvalue weighted by atomic mass is 10.2. The molecule has 1 unspecified atom stereocenters. The minimum Gasteiger partial charge on any atom is -0.345 e. The number of nitriles is 1. The van der Waals surface area contributed by atoms with Gasteiger partial charge in [-0.2, -0.15) is 5.26 Å². The Morgan fingerprint density at radius 1 is 1.69 bits per heavy atom. The van der Waals surface area contributed by atoms with Gasteiger partial charge in [0.15, 0.2) is 0 Å². The molecule has 0 radical (unpaired) electrons. The Balaban J connectivity index is 3.64. The van der Waals surface area contributed by atoms with E-state index in [0.29, 0.717) is 19.5 Å².